The molecule has 0 aromatic carbocycles. The van der Waals surface area contributed by atoms with E-state index in [4.69, 9.17) is 31.1 Å². The molecule has 1 aromatic rings. The molecule has 0 unspecified atom stereocenters. The van der Waals surface area contributed by atoms with Crippen molar-refractivity contribution in [2.45, 2.75) is 13.2 Å². The minimum atomic E-state index is -3.54. The highest BCUT2D eigenvalue weighted by atomic mass is 31.2. The van der Waals surface area contributed by atoms with Crippen molar-refractivity contribution in [3.8, 4) is 0 Å². The molecule has 0 fully saturated rings. The highest BCUT2D eigenvalue weighted by Gasteiger charge is 2.11. The SMILES string of the molecule is NP(N)(=O)OCc1cccc(COP(N)(N)=O)n1. The highest BCUT2D eigenvalue weighted by Crippen LogP contribution is 2.29. The Hall–Kier alpha value is -0.630. The number of nitrogens with two attached hydrogens (primary N) is 4. The first-order chi connectivity index (χ1) is 8.16. The first-order valence-corrected chi connectivity index (χ1v) is 8.26. The molecule has 1 heterocycles. The van der Waals surface area contributed by atoms with Crippen LogP contribution >= 0.6 is 15.3 Å². The second kappa shape index (κ2) is 6.01. The van der Waals surface area contributed by atoms with Crippen LogP contribution in [0.3, 0.4) is 0 Å². The number of pyridine rings is 1. The molecule has 8 N–H and O–H groups in total. The summed E-state index contributed by atoms with van der Waals surface area (Å²) in [5.41, 5.74) is 21.0. The van der Waals surface area contributed by atoms with Gasteiger partial charge in [-0.1, -0.05) is 6.07 Å². The van der Waals surface area contributed by atoms with Crippen LogP contribution in [0.15, 0.2) is 18.2 Å². The molecule has 0 saturated carbocycles. The topological polar surface area (TPSA) is 170 Å². The predicted molar refractivity (Wildman–Crippen MR) is 65.8 cm³/mol. The van der Waals surface area contributed by atoms with E-state index in [-0.39, 0.29) is 13.2 Å². The van der Waals surface area contributed by atoms with Crippen molar-refractivity contribution in [2.24, 2.45) is 22.0 Å². The lowest BCUT2D eigenvalue weighted by atomic mass is 10.3. The zero-order valence-corrected chi connectivity index (χ0v) is 11.2. The van der Waals surface area contributed by atoms with Crippen molar-refractivity contribution >= 4 is 15.3 Å². The van der Waals surface area contributed by atoms with Crippen LogP contribution in [0.25, 0.3) is 0 Å². The van der Waals surface area contributed by atoms with E-state index in [0.29, 0.717) is 11.4 Å². The third-order valence-corrected chi connectivity index (χ3v) is 2.76. The molecule has 0 saturated heterocycles. The number of aromatic nitrogens is 1. The lowest BCUT2D eigenvalue weighted by Crippen LogP contribution is -2.10. The summed E-state index contributed by atoms with van der Waals surface area (Å²) in [6.45, 7) is -0.220. The van der Waals surface area contributed by atoms with E-state index in [9.17, 15) is 9.13 Å². The quantitative estimate of drug-likeness (QED) is 0.534. The summed E-state index contributed by atoms with van der Waals surface area (Å²) >= 11 is 0. The molecule has 0 atom stereocenters. The van der Waals surface area contributed by atoms with Crippen LogP contribution in [0.5, 0.6) is 0 Å². The summed E-state index contributed by atoms with van der Waals surface area (Å²) in [7, 11) is -7.09. The third kappa shape index (κ3) is 6.95. The maximum Gasteiger partial charge on any atom is 0.335 e. The minimum absolute atomic E-state index is 0.110. The second-order valence-corrected chi connectivity index (χ2v) is 6.55. The summed E-state index contributed by atoms with van der Waals surface area (Å²) in [5, 5.41) is 0. The van der Waals surface area contributed by atoms with Crippen LogP contribution in [-0.2, 0) is 31.4 Å². The van der Waals surface area contributed by atoms with Gasteiger partial charge in [-0.15, -0.1) is 0 Å². The molecule has 0 spiro atoms. The van der Waals surface area contributed by atoms with Crippen LogP contribution in [0.4, 0.5) is 0 Å². The lowest BCUT2D eigenvalue weighted by Gasteiger charge is -2.09. The molecule has 1 aromatic heterocycles. The fraction of sp³-hybridized carbons (Fsp3) is 0.286. The van der Waals surface area contributed by atoms with Crippen LogP contribution in [0.1, 0.15) is 11.4 Å². The third-order valence-electron chi connectivity index (χ3n) is 1.69. The van der Waals surface area contributed by atoms with Crippen LogP contribution in [-0.4, -0.2) is 4.98 Å². The minimum Gasteiger partial charge on any atom is -0.300 e. The van der Waals surface area contributed by atoms with Gasteiger partial charge in [-0.05, 0) is 12.1 Å². The molecule has 102 valence electrons. The maximum absolute atomic E-state index is 10.9. The molecule has 0 aliphatic heterocycles. The Labute approximate surface area is 104 Å². The largest absolute Gasteiger partial charge is 0.335 e. The lowest BCUT2D eigenvalue weighted by molar-refractivity contribution is 0.289. The van der Waals surface area contributed by atoms with E-state index in [1.807, 2.05) is 0 Å². The Morgan fingerprint density at radius 3 is 1.67 bits per heavy atom. The first-order valence-electron chi connectivity index (χ1n) is 4.74. The molecule has 9 nitrogen and oxygen atoms in total. The highest BCUT2D eigenvalue weighted by molar-refractivity contribution is 7.54. The molecule has 0 aliphatic rings. The fourth-order valence-electron chi connectivity index (χ4n) is 1.02. The summed E-state index contributed by atoms with van der Waals surface area (Å²) in [6, 6.07) is 4.88. The van der Waals surface area contributed by atoms with Gasteiger partial charge in [0.25, 0.3) is 0 Å². The van der Waals surface area contributed by atoms with Gasteiger partial charge in [-0.2, -0.15) is 0 Å². The van der Waals surface area contributed by atoms with Gasteiger partial charge in [0.15, 0.2) is 0 Å². The summed E-state index contributed by atoms with van der Waals surface area (Å²) in [5.74, 6) is 0. The normalized spacial score (nSPS) is 12.7. The van der Waals surface area contributed by atoms with Gasteiger partial charge in [0.1, 0.15) is 0 Å². The van der Waals surface area contributed by atoms with E-state index in [1.54, 1.807) is 18.2 Å². The number of hydrogen-bond donors (Lipinski definition) is 4. The Kier molecular flexibility index (Phi) is 5.15. The number of rotatable bonds is 6. The van der Waals surface area contributed by atoms with Crippen LogP contribution < -0.4 is 22.0 Å². The van der Waals surface area contributed by atoms with Gasteiger partial charge in [0.05, 0.1) is 24.6 Å². The van der Waals surface area contributed by atoms with Crippen LogP contribution in [0.2, 0.25) is 0 Å². The van der Waals surface area contributed by atoms with Gasteiger partial charge in [-0.3, -0.25) is 23.2 Å². The molecule has 0 radical (unpaired) electrons. The molecular formula is C7H15N5O4P2. The van der Waals surface area contributed by atoms with E-state index in [0.717, 1.165) is 0 Å². The standard InChI is InChI=1S/C7H15N5O4P2/c8-17(9,13)15-4-6-2-1-3-7(12-6)5-16-18(10,11)14/h1-3H,4-5H2,(H4,8,9,13)(H4,10,11,14). The smallest absolute Gasteiger partial charge is 0.300 e. The number of nitrogens with zero attached hydrogens (tertiary/aromatic N) is 1. The van der Waals surface area contributed by atoms with Crippen molar-refractivity contribution in [1.29, 1.82) is 0 Å². The molecular weight excluding hydrogens is 280 g/mol. The van der Waals surface area contributed by atoms with Crippen molar-refractivity contribution in [3.63, 3.8) is 0 Å². The van der Waals surface area contributed by atoms with Gasteiger partial charge in [0, 0.05) is 0 Å². The van der Waals surface area contributed by atoms with Crippen LogP contribution in [0, 0.1) is 0 Å². The average molecular weight is 295 g/mol. The molecule has 18 heavy (non-hydrogen) atoms. The van der Waals surface area contributed by atoms with Crippen molar-refractivity contribution < 1.29 is 18.2 Å². The Morgan fingerprint density at radius 2 is 1.33 bits per heavy atom. The molecule has 0 amide bonds. The first kappa shape index (κ1) is 15.4. The summed E-state index contributed by atoms with van der Waals surface area (Å²) in [6.07, 6.45) is 0. The Balaban J connectivity index is 2.62. The average Bonchev–Trinajstić information content (AvgIpc) is 2.22. The zero-order chi connectivity index (χ0) is 13.8. The van der Waals surface area contributed by atoms with Gasteiger partial charge < -0.3 is 0 Å². The fourth-order valence-corrected chi connectivity index (χ4v) is 1.69. The van der Waals surface area contributed by atoms with E-state index in [2.05, 4.69) is 4.98 Å². The van der Waals surface area contributed by atoms with E-state index < -0.39 is 15.3 Å². The maximum atomic E-state index is 10.9. The molecule has 11 heteroatoms. The predicted octanol–water partition coefficient (Wildman–Crippen LogP) is 0.166. The number of hydrogen-bond acceptors (Lipinski definition) is 5. The molecule has 0 bridgehead atoms. The van der Waals surface area contributed by atoms with E-state index in [1.165, 1.54) is 0 Å². The van der Waals surface area contributed by atoms with Gasteiger partial charge >= 0.3 is 15.3 Å². The second-order valence-electron chi connectivity index (χ2n) is 3.46. The summed E-state index contributed by atoms with van der Waals surface area (Å²) in [4.78, 5) is 4.06. The van der Waals surface area contributed by atoms with Crippen molar-refractivity contribution in [1.82, 2.24) is 4.98 Å². The van der Waals surface area contributed by atoms with Crippen molar-refractivity contribution in [3.05, 3.63) is 29.6 Å². The van der Waals surface area contributed by atoms with Gasteiger partial charge in [-0.25, -0.2) is 22.0 Å². The monoisotopic (exact) mass is 295 g/mol. The Morgan fingerprint density at radius 1 is 0.944 bits per heavy atom. The molecule has 0 aliphatic carbocycles. The molecule has 1 rings (SSSR count). The van der Waals surface area contributed by atoms with E-state index >= 15 is 0 Å². The summed E-state index contributed by atoms with van der Waals surface area (Å²) < 4.78 is 31.3. The zero-order valence-electron chi connectivity index (χ0n) is 9.43. The van der Waals surface area contributed by atoms with Gasteiger partial charge in [0.2, 0.25) is 0 Å². The Bertz CT molecular complexity index is 457. The van der Waals surface area contributed by atoms with Crippen molar-refractivity contribution in [2.75, 3.05) is 0 Å².